The highest BCUT2D eigenvalue weighted by Crippen LogP contribution is 2.52. The fourth-order valence-electron chi connectivity index (χ4n) is 5.29. The molecule has 2 bridgehead atoms. The molecule has 4 rings (SSSR count). The highest BCUT2D eigenvalue weighted by atomic mass is 32.2. The summed E-state index contributed by atoms with van der Waals surface area (Å²) < 4.78 is 53.3. The number of nitrogens with zero attached hydrogens (tertiary/aromatic N) is 3. The predicted octanol–water partition coefficient (Wildman–Crippen LogP) is 1.04. The molecule has 1 N–H and O–H groups in total. The van der Waals surface area contributed by atoms with Crippen LogP contribution in [0.15, 0.2) is 17.1 Å². The normalized spacial score (nSPS) is 31.4. The summed E-state index contributed by atoms with van der Waals surface area (Å²) >= 11 is 0. The number of anilines is 1. The lowest BCUT2D eigenvalue weighted by atomic mass is 9.77. The van der Waals surface area contributed by atoms with E-state index in [0.29, 0.717) is 0 Å². The third-order valence-corrected chi connectivity index (χ3v) is 10.0. The topological polar surface area (TPSA) is 155 Å². The van der Waals surface area contributed by atoms with Crippen molar-refractivity contribution < 1.29 is 37.0 Å². The van der Waals surface area contributed by atoms with Gasteiger partial charge in [-0.3, -0.25) is 14.2 Å². The second-order valence-corrected chi connectivity index (χ2v) is 14.9. The molecule has 1 aromatic rings. The number of methoxy groups -OCH3 is 1. The van der Waals surface area contributed by atoms with Crippen LogP contribution in [0, 0.1) is 5.41 Å². The average molecular weight is 571 g/mol. The summed E-state index contributed by atoms with van der Waals surface area (Å²) in [4.78, 5) is 41.6. The minimum atomic E-state index is -3.82. The highest BCUT2D eigenvalue weighted by molar-refractivity contribution is 7.90. The van der Waals surface area contributed by atoms with E-state index in [1.54, 1.807) is 41.5 Å². The van der Waals surface area contributed by atoms with E-state index in [0.717, 1.165) is 0 Å². The third kappa shape index (κ3) is 5.01. The number of esters is 1. The van der Waals surface area contributed by atoms with Gasteiger partial charge in [-0.25, -0.2) is 13.2 Å². The van der Waals surface area contributed by atoms with E-state index in [9.17, 15) is 22.8 Å². The Labute approximate surface area is 228 Å². The highest BCUT2D eigenvalue weighted by Gasteiger charge is 2.70. The van der Waals surface area contributed by atoms with Crippen molar-refractivity contribution in [3.8, 4) is 0 Å². The van der Waals surface area contributed by atoms with Crippen LogP contribution in [0.4, 0.5) is 5.82 Å². The number of sulfonamides is 1. The van der Waals surface area contributed by atoms with Crippen LogP contribution in [0.3, 0.4) is 0 Å². The molecule has 0 spiro atoms. The molecule has 0 aromatic carbocycles. The van der Waals surface area contributed by atoms with Crippen LogP contribution in [-0.2, 0) is 38.6 Å². The molecule has 3 saturated heterocycles. The van der Waals surface area contributed by atoms with Crippen LogP contribution in [0.2, 0.25) is 0 Å². The number of nitrogens with one attached hydrogen (secondary N) is 1. The maximum atomic E-state index is 13.7. The van der Waals surface area contributed by atoms with Crippen LogP contribution < -0.4 is 11.0 Å². The van der Waals surface area contributed by atoms with Gasteiger partial charge in [-0.15, -0.1) is 0 Å². The Morgan fingerprint density at radius 1 is 1.21 bits per heavy atom. The Morgan fingerprint density at radius 2 is 1.87 bits per heavy atom. The molecule has 13 nitrogen and oxygen atoms in total. The number of ether oxygens (including phenoxy) is 4. The molecule has 0 unspecified atom stereocenters. The van der Waals surface area contributed by atoms with E-state index in [2.05, 4.69) is 10.3 Å². The summed E-state index contributed by atoms with van der Waals surface area (Å²) in [5.41, 5.74) is -2.88. The fraction of sp³-hybridized carbons (Fsp3) is 0.760. The Kier molecular flexibility index (Phi) is 7.52. The van der Waals surface area contributed by atoms with Crippen molar-refractivity contribution in [1.82, 2.24) is 13.9 Å². The van der Waals surface area contributed by atoms with Gasteiger partial charge in [-0.05, 0) is 54.0 Å². The van der Waals surface area contributed by atoms with Crippen LogP contribution in [0.25, 0.3) is 0 Å². The van der Waals surface area contributed by atoms with Gasteiger partial charge in [-0.1, -0.05) is 0 Å². The van der Waals surface area contributed by atoms with Gasteiger partial charge in [0.15, 0.2) is 12.3 Å². The second-order valence-electron chi connectivity index (χ2n) is 12.2. The molecule has 0 radical (unpaired) electrons. The molecule has 1 amide bonds. The number of carbonyl (C=O) groups is 2. The number of amides is 1. The van der Waals surface area contributed by atoms with E-state index < -0.39 is 73.9 Å². The minimum absolute atomic E-state index is 0.0299. The van der Waals surface area contributed by atoms with Crippen molar-refractivity contribution in [3.05, 3.63) is 22.7 Å². The van der Waals surface area contributed by atoms with Gasteiger partial charge >= 0.3 is 11.7 Å². The largest absolute Gasteiger partial charge is 0.454 e. The van der Waals surface area contributed by atoms with Gasteiger partial charge in [0.05, 0.1) is 28.9 Å². The van der Waals surface area contributed by atoms with Gasteiger partial charge in [0.25, 0.3) is 0 Å². The number of hydrogen-bond donors (Lipinski definition) is 1. The summed E-state index contributed by atoms with van der Waals surface area (Å²) in [5, 5.41) is 2.46. The minimum Gasteiger partial charge on any atom is -0.454 e. The van der Waals surface area contributed by atoms with Crippen molar-refractivity contribution >= 4 is 27.7 Å². The summed E-state index contributed by atoms with van der Waals surface area (Å²) in [6, 6.07) is 0.625. The molecular weight excluding hydrogens is 532 g/mol. The first-order valence-corrected chi connectivity index (χ1v) is 14.3. The van der Waals surface area contributed by atoms with Gasteiger partial charge in [-0.2, -0.15) is 9.29 Å². The lowest BCUT2D eigenvalue weighted by Gasteiger charge is -2.55. The van der Waals surface area contributed by atoms with Crippen LogP contribution in [-0.4, -0.2) is 89.1 Å². The third-order valence-electron chi connectivity index (χ3n) is 7.41. The summed E-state index contributed by atoms with van der Waals surface area (Å²) in [6.07, 6.45) is -2.33. The zero-order valence-electron chi connectivity index (χ0n) is 23.6. The molecule has 3 aliphatic heterocycles. The SMILES string of the molecule is CO[C@@H]1CO[C@]23CCN(S(=O)(=O)C(C)(C)C)[C@H]1[C@H]2O[C@@H](n1ccc(NC(C)=O)nc1=O)[C@@H]3OC(=O)C(C)(C)C. The molecule has 3 fully saturated rings. The first-order chi connectivity index (χ1) is 17.9. The maximum Gasteiger partial charge on any atom is 0.351 e. The fourth-order valence-corrected chi connectivity index (χ4v) is 6.89. The first-order valence-electron chi connectivity index (χ1n) is 12.9. The standard InChI is InChI=1S/C25H38N4O9S/c1-14(30)26-16-9-11-28(22(32)27-16)20-19(38-21(31)23(2,3)4)25-10-12-29(39(33,34)24(5,6)7)17(18(25)37-20)15(35-8)13-36-25/h9,11,15,17-20H,10,12-13H2,1-8H3,(H,26,27,30,32)/t15-,17-,18-,19+,20-,25-/m1/s1. The average Bonchev–Trinajstić information content (AvgIpc) is 3.12. The smallest absolute Gasteiger partial charge is 0.351 e. The molecule has 14 heteroatoms. The van der Waals surface area contributed by atoms with Crippen LogP contribution in [0.5, 0.6) is 0 Å². The number of carbonyl (C=O) groups excluding carboxylic acids is 2. The Bertz CT molecular complexity index is 1300. The molecule has 4 heterocycles. The zero-order chi connectivity index (χ0) is 29.1. The van der Waals surface area contributed by atoms with Gasteiger partial charge in [0.2, 0.25) is 15.9 Å². The molecule has 39 heavy (non-hydrogen) atoms. The summed E-state index contributed by atoms with van der Waals surface area (Å²) in [5.74, 6) is -0.880. The van der Waals surface area contributed by atoms with E-state index in [4.69, 9.17) is 18.9 Å². The van der Waals surface area contributed by atoms with Gasteiger partial charge in [0, 0.05) is 26.8 Å². The monoisotopic (exact) mass is 570 g/mol. The van der Waals surface area contributed by atoms with E-state index in [1.807, 2.05) is 0 Å². The summed E-state index contributed by atoms with van der Waals surface area (Å²) in [7, 11) is -2.35. The zero-order valence-corrected chi connectivity index (χ0v) is 24.4. The molecule has 218 valence electrons. The lowest BCUT2D eigenvalue weighted by Crippen LogP contribution is -2.73. The van der Waals surface area contributed by atoms with Crippen molar-refractivity contribution in [2.24, 2.45) is 5.41 Å². The number of piperidine rings is 1. The predicted molar refractivity (Wildman–Crippen MR) is 139 cm³/mol. The quantitative estimate of drug-likeness (QED) is 0.508. The second kappa shape index (κ2) is 9.91. The van der Waals surface area contributed by atoms with Crippen molar-refractivity contribution in [1.29, 1.82) is 0 Å². The Balaban J connectivity index is 1.84. The van der Waals surface area contributed by atoms with Crippen molar-refractivity contribution in [3.63, 3.8) is 0 Å². The number of aromatic nitrogens is 2. The molecule has 6 atom stereocenters. The molecule has 0 aliphatic carbocycles. The van der Waals surface area contributed by atoms with Crippen molar-refractivity contribution in [2.75, 3.05) is 25.6 Å². The van der Waals surface area contributed by atoms with Crippen molar-refractivity contribution in [2.45, 2.75) is 95.8 Å². The van der Waals surface area contributed by atoms with E-state index >= 15 is 0 Å². The first kappa shape index (κ1) is 29.6. The maximum absolute atomic E-state index is 13.7. The molecular formula is C25H38N4O9S. The number of rotatable bonds is 5. The van der Waals surface area contributed by atoms with E-state index in [1.165, 1.54) is 35.2 Å². The lowest BCUT2D eigenvalue weighted by molar-refractivity contribution is -0.239. The molecule has 0 saturated carbocycles. The molecule has 1 aromatic heterocycles. The number of hydrogen-bond acceptors (Lipinski definition) is 10. The summed E-state index contributed by atoms with van der Waals surface area (Å²) in [6.45, 7) is 11.4. The molecule has 3 aliphatic rings. The van der Waals surface area contributed by atoms with Crippen LogP contribution >= 0.6 is 0 Å². The Hall–Kier alpha value is -2.39. The van der Waals surface area contributed by atoms with Crippen LogP contribution in [0.1, 0.15) is 61.1 Å². The van der Waals surface area contributed by atoms with Gasteiger partial charge < -0.3 is 24.3 Å². The Morgan fingerprint density at radius 3 is 2.41 bits per heavy atom. The van der Waals surface area contributed by atoms with E-state index in [-0.39, 0.29) is 25.4 Å². The van der Waals surface area contributed by atoms with Gasteiger partial charge in [0.1, 0.15) is 17.5 Å².